The Labute approximate surface area is 98.8 Å². The fraction of sp³-hybridized carbons (Fsp3) is 0.300. The number of anilines is 1. The second-order valence-corrected chi connectivity index (χ2v) is 6.79. The second kappa shape index (κ2) is 3.42. The predicted octanol–water partition coefficient (Wildman–Crippen LogP) is 2.29. The second-order valence-electron chi connectivity index (χ2n) is 3.87. The van der Waals surface area contributed by atoms with Gasteiger partial charge in [-0.2, -0.15) is 0 Å². The number of nitrogens with one attached hydrogen (secondary N) is 1. The molecule has 0 fully saturated rings. The average Bonchev–Trinajstić information content (AvgIpc) is 2.17. The summed E-state index contributed by atoms with van der Waals surface area (Å²) in [6.45, 7) is 3.37. The molecule has 1 atom stereocenters. The van der Waals surface area contributed by atoms with Crippen LogP contribution in [0.3, 0.4) is 0 Å². The molecule has 80 valence electrons. The van der Waals surface area contributed by atoms with Gasteiger partial charge in [0, 0.05) is 4.47 Å². The van der Waals surface area contributed by atoms with E-state index in [1.807, 2.05) is 6.07 Å². The fourth-order valence-electron chi connectivity index (χ4n) is 1.38. The third kappa shape index (κ3) is 1.63. The van der Waals surface area contributed by atoms with Crippen LogP contribution in [-0.4, -0.2) is 14.9 Å². The van der Waals surface area contributed by atoms with Crippen LogP contribution in [-0.2, 0) is 15.6 Å². The number of amides is 1. The number of fused-ring (bicyclic) bond motifs is 1. The summed E-state index contributed by atoms with van der Waals surface area (Å²) in [5.41, 5.74) is 0.640. The number of halogens is 1. The highest BCUT2D eigenvalue weighted by atomic mass is 79.9. The average molecular weight is 288 g/mol. The highest BCUT2D eigenvalue weighted by molar-refractivity contribution is 9.10. The van der Waals surface area contributed by atoms with Gasteiger partial charge in [-0.1, -0.05) is 15.9 Å². The predicted molar refractivity (Wildman–Crippen MR) is 63.3 cm³/mol. The van der Waals surface area contributed by atoms with E-state index in [0.717, 1.165) is 4.47 Å². The van der Waals surface area contributed by atoms with E-state index in [9.17, 15) is 9.00 Å². The maximum Gasteiger partial charge on any atom is 0.243 e. The van der Waals surface area contributed by atoms with E-state index in [1.54, 1.807) is 26.0 Å². The lowest BCUT2D eigenvalue weighted by atomic mass is 10.2. The van der Waals surface area contributed by atoms with Crippen LogP contribution in [0.1, 0.15) is 13.8 Å². The molecule has 1 unspecified atom stereocenters. The van der Waals surface area contributed by atoms with Crippen molar-refractivity contribution in [3.8, 4) is 0 Å². The standard InChI is InChI=1S/C10H10BrNO2S/c1-10(2)9(13)12-7-4-3-6(11)5-8(7)15(10)14/h3-5H,1-2H3,(H,12,13). The molecular weight excluding hydrogens is 278 g/mol. The molecule has 1 aliphatic rings. The molecule has 1 aromatic rings. The Kier molecular flexibility index (Phi) is 2.47. The monoisotopic (exact) mass is 287 g/mol. The van der Waals surface area contributed by atoms with Crippen LogP contribution >= 0.6 is 15.9 Å². The molecule has 1 aromatic carbocycles. The van der Waals surface area contributed by atoms with Crippen molar-refractivity contribution in [2.45, 2.75) is 23.5 Å². The van der Waals surface area contributed by atoms with Crippen LogP contribution < -0.4 is 5.32 Å². The van der Waals surface area contributed by atoms with E-state index in [0.29, 0.717) is 10.6 Å². The molecule has 3 nitrogen and oxygen atoms in total. The van der Waals surface area contributed by atoms with Crippen molar-refractivity contribution in [2.24, 2.45) is 0 Å². The third-order valence-corrected chi connectivity index (χ3v) is 4.74. The Morgan fingerprint density at radius 2 is 2.07 bits per heavy atom. The van der Waals surface area contributed by atoms with Crippen molar-refractivity contribution in [3.05, 3.63) is 22.7 Å². The zero-order chi connectivity index (χ0) is 11.2. The van der Waals surface area contributed by atoms with Crippen LogP contribution in [0.2, 0.25) is 0 Å². The molecule has 5 heteroatoms. The van der Waals surface area contributed by atoms with Crippen molar-refractivity contribution in [1.82, 2.24) is 0 Å². The van der Waals surface area contributed by atoms with Crippen LogP contribution in [0.5, 0.6) is 0 Å². The van der Waals surface area contributed by atoms with Crippen molar-refractivity contribution >= 4 is 38.3 Å². The summed E-state index contributed by atoms with van der Waals surface area (Å²) >= 11 is 3.32. The van der Waals surface area contributed by atoms with Gasteiger partial charge >= 0.3 is 0 Å². The Morgan fingerprint density at radius 3 is 2.73 bits per heavy atom. The molecule has 0 aromatic heterocycles. The molecule has 1 heterocycles. The van der Waals surface area contributed by atoms with Gasteiger partial charge in [-0.3, -0.25) is 9.00 Å². The molecule has 0 saturated carbocycles. The molecular formula is C10H10BrNO2S. The molecule has 0 saturated heterocycles. The topological polar surface area (TPSA) is 46.2 Å². The maximum atomic E-state index is 12.1. The quantitative estimate of drug-likeness (QED) is 0.796. The Morgan fingerprint density at radius 1 is 1.40 bits per heavy atom. The van der Waals surface area contributed by atoms with Gasteiger partial charge in [0.2, 0.25) is 5.91 Å². The van der Waals surface area contributed by atoms with E-state index in [1.165, 1.54) is 0 Å². The zero-order valence-electron chi connectivity index (χ0n) is 8.33. The minimum atomic E-state index is -1.31. The molecule has 2 rings (SSSR count). The number of carbonyl (C=O) groups excluding carboxylic acids is 1. The summed E-state index contributed by atoms with van der Waals surface area (Å²) in [7, 11) is -1.31. The first-order valence-corrected chi connectivity index (χ1v) is 6.40. The van der Waals surface area contributed by atoms with Crippen molar-refractivity contribution < 1.29 is 9.00 Å². The molecule has 0 aliphatic carbocycles. The lowest BCUT2D eigenvalue weighted by molar-refractivity contribution is -0.117. The number of hydrogen-bond acceptors (Lipinski definition) is 2. The van der Waals surface area contributed by atoms with Crippen LogP contribution in [0.4, 0.5) is 5.69 Å². The number of benzene rings is 1. The maximum absolute atomic E-state index is 12.1. The first-order valence-electron chi connectivity index (χ1n) is 4.46. The minimum Gasteiger partial charge on any atom is -0.324 e. The van der Waals surface area contributed by atoms with Gasteiger partial charge in [0.15, 0.2) is 0 Å². The van der Waals surface area contributed by atoms with Crippen molar-refractivity contribution in [3.63, 3.8) is 0 Å². The third-order valence-electron chi connectivity index (χ3n) is 2.40. The smallest absolute Gasteiger partial charge is 0.243 e. The van der Waals surface area contributed by atoms with Gasteiger partial charge in [-0.15, -0.1) is 0 Å². The van der Waals surface area contributed by atoms with Crippen LogP contribution in [0, 0.1) is 0 Å². The first kappa shape index (κ1) is 10.8. The van der Waals surface area contributed by atoms with E-state index in [4.69, 9.17) is 0 Å². The van der Waals surface area contributed by atoms with Crippen LogP contribution in [0.25, 0.3) is 0 Å². The summed E-state index contributed by atoms with van der Waals surface area (Å²) < 4.78 is 12.1. The van der Waals surface area contributed by atoms with E-state index >= 15 is 0 Å². The number of rotatable bonds is 0. The van der Waals surface area contributed by atoms with Crippen LogP contribution in [0.15, 0.2) is 27.6 Å². The summed E-state index contributed by atoms with van der Waals surface area (Å²) in [4.78, 5) is 12.3. The van der Waals surface area contributed by atoms with Gasteiger partial charge in [0.1, 0.15) is 4.75 Å². The van der Waals surface area contributed by atoms with Crippen molar-refractivity contribution in [1.29, 1.82) is 0 Å². The largest absolute Gasteiger partial charge is 0.324 e. The summed E-state index contributed by atoms with van der Waals surface area (Å²) in [6.07, 6.45) is 0. The molecule has 0 bridgehead atoms. The Hall–Kier alpha value is -0.680. The molecule has 1 amide bonds. The lowest BCUT2D eigenvalue weighted by Gasteiger charge is -2.29. The SMILES string of the molecule is CC1(C)C(=O)Nc2ccc(Br)cc2S1=O. The van der Waals surface area contributed by atoms with E-state index < -0.39 is 15.5 Å². The van der Waals surface area contributed by atoms with E-state index in [2.05, 4.69) is 21.2 Å². The van der Waals surface area contributed by atoms with E-state index in [-0.39, 0.29) is 5.91 Å². The van der Waals surface area contributed by atoms with Crippen molar-refractivity contribution in [2.75, 3.05) is 5.32 Å². The first-order chi connectivity index (χ1) is 6.93. The van der Waals surface area contributed by atoms with Gasteiger partial charge in [-0.05, 0) is 32.0 Å². The summed E-state index contributed by atoms with van der Waals surface area (Å²) in [5.74, 6) is -0.198. The Balaban J connectivity index is 2.62. The highest BCUT2D eigenvalue weighted by Gasteiger charge is 2.40. The number of hydrogen-bond donors (Lipinski definition) is 1. The summed E-state index contributed by atoms with van der Waals surface area (Å²) in [5, 5.41) is 2.75. The van der Waals surface area contributed by atoms with Gasteiger partial charge in [-0.25, -0.2) is 0 Å². The van der Waals surface area contributed by atoms with Gasteiger partial charge < -0.3 is 5.32 Å². The minimum absolute atomic E-state index is 0.198. The molecule has 1 N–H and O–H groups in total. The highest BCUT2D eigenvalue weighted by Crippen LogP contribution is 2.34. The molecule has 0 radical (unpaired) electrons. The zero-order valence-corrected chi connectivity index (χ0v) is 10.7. The molecule has 0 spiro atoms. The van der Waals surface area contributed by atoms with Gasteiger partial charge in [0.25, 0.3) is 0 Å². The molecule has 15 heavy (non-hydrogen) atoms. The number of carbonyl (C=O) groups is 1. The fourth-order valence-corrected chi connectivity index (χ4v) is 3.22. The Bertz CT molecular complexity index is 470. The lowest BCUT2D eigenvalue weighted by Crippen LogP contribution is -2.44. The van der Waals surface area contributed by atoms with Gasteiger partial charge in [0.05, 0.1) is 21.4 Å². The normalized spacial score (nSPS) is 23.1. The summed E-state index contributed by atoms with van der Waals surface area (Å²) in [6, 6.07) is 5.35. The molecule has 1 aliphatic heterocycles.